The van der Waals surface area contributed by atoms with Crippen molar-refractivity contribution in [2.45, 2.75) is 5.03 Å². The molecule has 0 saturated carbocycles. The van der Waals surface area contributed by atoms with Crippen LogP contribution in [0, 0.1) is 0 Å². The van der Waals surface area contributed by atoms with Gasteiger partial charge in [0.25, 0.3) is 0 Å². The molecule has 2 N–H and O–H groups in total. The van der Waals surface area contributed by atoms with E-state index in [1.807, 2.05) is 0 Å². The van der Waals surface area contributed by atoms with Gasteiger partial charge in [0.05, 0.1) is 18.6 Å². The van der Waals surface area contributed by atoms with Crippen molar-refractivity contribution in [3.63, 3.8) is 0 Å². The largest absolute Gasteiger partial charge is 0.468 e. The number of pyridine rings is 1. The van der Waals surface area contributed by atoms with Crippen LogP contribution in [0.2, 0.25) is 0 Å². The summed E-state index contributed by atoms with van der Waals surface area (Å²) < 4.78 is 5.31. The predicted molar refractivity (Wildman–Crippen MR) is 59.1 cm³/mol. The topological polar surface area (TPSA) is 65.2 Å². The molecule has 0 fully saturated rings. The summed E-state index contributed by atoms with van der Waals surface area (Å²) in [5, 5.41) is 0.638. The number of carbonyl (C=O) groups excluding carboxylic acids is 1. The molecule has 0 amide bonds. The Morgan fingerprint density at radius 2 is 2.50 bits per heavy atom. The van der Waals surface area contributed by atoms with Crippen LogP contribution in [0.25, 0.3) is 0 Å². The zero-order valence-corrected chi connectivity index (χ0v) is 9.89. The lowest BCUT2D eigenvalue weighted by Gasteiger charge is -2.03. The highest BCUT2D eigenvalue weighted by molar-refractivity contribution is 9.10. The SMILES string of the molecule is COC(=O)CSc1ncc(Br)cc1N. The number of anilines is 1. The van der Waals surface area contributed by atoms with Gasteiger partial charge in [0.2, 0.25) is 0 Å². The van der Waals surface area contributed by atoms with E-state index in [0.717, 1.165) is 4.47 Å². The van der Waals surface area contributed by atoms with Crippen molar-refractivity contribution in [3.8, 4) is 0 Å². The second-order valence-electron chi connectivity index (χ2n) is 2.41. The van der Waals surface area contributed by atoms with Gasteiger partial charge in [-0.2, -0.15) is 0 Å². The second kappa shape index (κ2) is 5.21. The van der Waals surface area contributed by atoms with Crippen molar-refractivity contribution in [1.29, 1.82) is 0 Å². The quantitative estimate of drug-likeness (QED) is 0.672. The summed E-state index contributed by atoms with van der Waals surface area (Å²) in [5.41, 5.74) is 6.23. The fourth-order valence-electron chi connectivity index (χ4n) is 0.749. The van der Waals surface area contributed by atoms with Crippen LogP contribution in [0.15, 0.2) is 21.8 Å². The molecule has 1 heterocycles. The molecular formula is C8H9BrN2O2S. The van der Waals surface area contributed by atoms with E-state index in [9.17, 15) is 4.79 Å². The van der Waals surface area contributed by atoms with E-state index in [0.29, 0.717) is 10.7 Å². The van der Waals surface area contributed by atoms with Crippen LogP contribution in [-0.2, 0) is 9.53 Å². The maximum absolute atomic E-state index is 10.8. The molecule has 1 aromatic rings. The van der Waals surface area contributed by atoms with Gasteiger partial charge in [-0.15, -0.1) is 0 Å². The number of aromatic nitrogens is 1. The van der Waals surface area contributed by atoms with Crippen LogP contribution in [0.4, 0.5) is 5.69 Å². The van der Waals surface area contributed by atoms with E-state index >= 15 is 0 Å². The molecule has 0 unspecified atom stereocenters. The molecule has 0 aromatic carbocycles. The first kappa shape index (κ1) is 11.3. The molecule has 1 rings (SSSR count). The fraction of sp³-hybridized carbons (Fsp3) is 0.250. The first-order chi connectivity index (χ1) is 6.63. The lowest BCUT2D eigenvalue weighted by atomic mass is 10.4. The molecule has 4 nitrogen and oxygen atoms in total. The Morgan fingerprint density at radius 1 is 1.79 bits per heavy atom. The number of carbonyl (C=O) groups is 1. The molecule has 0 atom stereocenters. The third-order valence-electron chi connectivity index (χ3n) is 1.40. The summed E-state index contributed by atoms with van der Waals surface area (Å²) in [4.78, 5) is 14.9. The third-order valence-corrected chi connectivity index (χ3v) is 2.83. The number of hydrogen-bond acceptors (Lipinski definition) is 5. The van der Waals surface area contributed by atoms with Crippen molar-refractivity contribution in [2.75, 3.05) is 18.6 Å². The number of hydrogen-bond donors (Lipinski definition) is 1. The molecule has 14 heavy (non-hydrogen) atoms. The normalized spacial score (nSPS) is 9.86. The average molecular weight is 277 g/mol. The number of thioether (sulfide) groups is 1. The molecule has 0 aliphatic carbocycles. The lowest BCUT2D eigenvalue weighted by molar-refractivity contribution is -0.137. The van der Waals surface area contributed by atoms with Gasteiger partial charge in [-0.05, 0) is 22.0 Å². The fourth-order valence-corrected chi connectivity index (χ4v) is 1.82. The molecule has 1 aromatic heterocycles. The van der Waals surface area contributed by atoms with E-state index in [1.165, 1.54) is 18.9 Å². The van der Waals surface area contributed by atoms with Gasteiger partial charge in [0, 0.05) is 10.7 Å². The highest BCUT2D eigenvalue weighted by Gasteiger charge is 2.06. The van der Waals surface area contributed by atoms with E-state index in [2.05, 4.69) is 25.7 Å². The number of nitrogen functional groups attached to an aromatic ring is 1. The highest BCUT2D eigenvalue weighted by atomic mass is 79.9. The first-order valence-corrected chi connectivity index (χ1v) is 5.52. The van der Waals surface area contributed by atoms with Crippen LogP contribution >= 0.6 is 27.7 Å². The van der Waals surface area contributed by atoms with Gasteiger partial charge in [-0.3, -0.25) is 4.79 Å². The maximum Gasteiger partial charge on any atom is 0.316 e. The summed E-state index contributed by atoms with van der Waals surface area (Å²) in [5.74, 6) is -0.0749. The van der Waals surface area contributed by atoms with Crippen LogP contribution < -0.4 is 5.73 Å². The Kier molecular flexibility index (Phi) is 4.21. The van der Waals surface area contributed by atoms with Gasteiger partial charge >= 0.3 is 5.97 Å². The molecule has 76 valence electrons. The number of halogens is 1. The Labute approximate surface area is 94.4 Å². The average Bonchev–Trinajstić information content (AvgIpc) is 2.16. The molecule has 0 spiro atoms. The van der Waals surface area contributed by atoms with Crippen LogP contribution in [0.3, 0.4) is 0 Å². The molecule has 0 aliphatic rings. The maximum atomic E-state index is 10.8. The van der Waals surface area contributed by atoms with Gasteiger partial charge in [0.15, 0.2) is 0 Å². The van der Waals surface area contributed by atoms with Gasteiger partial charge in [0.1, 0.15) is 5.03 Å². The molecule has 0 bridgehead atoms. The Morgan fingerprint density at radius 3 is 3.07 bits per heavy atom. The third kappa shape index (κ3) is 3.19. The number of nitrogens with zero attached hydrogens (tertiary/aromatic N) is 1. The molecule has 0 saturated heterocycles. The molecular weight excluding hydrogens is 268 g/mol. The number of nitrogens with two attached hydrogens (primary N) is 1. The molecule has 6 heteroatoms. The standard InChI is InChI=1S/C8H9BrN2O2S/c1-13-7(12)4-14-8-6(10)2-5(9)3-11-8/h2-3H,4,10H2,1H3. The smallest absolute Gasteiger partial charge is 0.316 e. The number of ether oxygens (including phenoxy) is 1. The van der Waals surface area contributed by atoms with Crippen molar-refractivity contribution in [2.24, 2.45) is 0 Å². The first-order valence-electron chi connectivity index (χ1n) is 3.74. The minimum absolute atomic E-state index is 0.218. The summed E-state index contributed by atoms with van der Waals surface area (Å²) in [7, 11) is 1.35. The van der Waals surface area contributed by atoms with Crippen LogP contribution in [0.5, 0.6) is 0 Å². The summed E-state index contributed by atoms with van der Waals surface area (Å²) in [6.45, 7) is 0. The number of rotatable bonds is 3. The molecule has 0 aliphatic heterocycles. The van der Waals surface area contributed by atoms with Gasteiger partial charge < -0.3 is 10.5 Å². The van der Waals surface area contributed by atoms with Crippen LogP contribution in [0.1, 0.15) is 0 Å². The summed E-state index contributed by atoms with van der Waals surface area (Å²) in [6, 6.07) is 1.74. The second-order valence-corrected chi connectivity index (χ2v) is 4.29. The van der Waals surface area contributed by atoms with E-state index < -0.39 is 0 Å². The zero-order chi connectivity index (χ0) is 10.6. The lowest BCUT2D eigenvalue weighted by Crippen LogP contribution is -2.04. The van der Waals surface area contributed by atoms with Gasteiger partial charge in [-0.1, -0.05) is 11.8 Å². The van der Waals surface area contributed by atoms with E-state index in [4.69, 9.17) is 5.73 Å². The van der Waals surface area contributed by atoms with Crippen LogP contribution in [-0.4, -0.2) is 23.8 Å². The highest BCUT2D eigenvalue weighted by Crippen LogP contribution is 2.24. The Balaban J connectivity index is 2.63. The Bertz CT molecular complexity index is 346. The zero-order valence-electron chi connectivity index (χ0n) is 7.49. The predicted octanol–water partition coefficient (Wildman–Crippen LogP) is 1.69. The van der Waals surface area contributed by atoms with Crippen molar-refractivity contribution >= 4 is 39.3 Å². The minimum atomic E-state index is -0.292. The van der Waals surface area contributed by atoms with Gasteiger partial charge in [-0.25, -0.2) is 4.98 Å². The number of esters is 1. The van der Waals surface area contributed by atoms with Crippen molar-refractivity contribution < 1.29 is 9.53 Å². The van der Waals surface area contributed by atoms with E-state index in [-0.39, 0.29) is 11.7 Å². The summed E-state index contributed by atoms with van der Waals surface area (Å²) >= 11 is 4.50. The molecule has 0 radical (unpaired) electrons. The van der Waals surface area contributed by atoms with Crippen molar-refractivity contribution in [3.05, 3.63) is 16.7 Å². The van der Waals surface area contributed by atoms with E-state index in [1.54, 1.807) is 12.3 Å². The minimum Gasteiger partial charge on any atom is -0.468 e. The van der Waals surface area contributed by atoms with Crippen molar-refractivity contribution in [1.82, 2.24) is 4.98 Å². The Hall–Kier alpha value is -0.750. The monoisotopic (exact) mass is 276 g/mol. The summed E-state index contributed by atoms with van der Waals surface area (Å²) in [6.07, 6.45) is 1.63. The number of methoxy groups -OCH3 is 1.